The lowest BCUT2D eigenvalue weighted by atomic mass is 10.3. The SMILES string of the molecule is N/C=C/c1ccc(N)cn1. The summed E-state index contributed by atoms with van der Waals surface area (Å²) < 4.78 is 0. The highest BCUT2D eigenvalue weighted by molar-refractivity contribution is 5.47. The quantitative estimate of drug-likeness (QED) is 0.592. The number of nitrogens with two attached hydrogens (primary N) is 2. The molecule has 0 aromatic carbocycles. The van der Waals surface area contributed by atoms with E-state index in [0.717, 1.165) is 5.69 Å². The topological polar surface area (TPSA) is 64.9 Å². The van der Waals surface area contributed by atoms with E-state index in [1.807, 2.05) is 0 Å². The molecule has 1 aromatic rings. The van der Waals surface area contributed by atoms with Gasteiger partial charge in [0.15, 0.2) is 0 Å². The second-order valence-corrected chi connectivity index (χ2v) is 1.88. The smallest absolute Gasteiger partial charge is 0.0645 e. The molecule has 0 fully saturated rings. The number of hydrogen-bond donors (Lipinski definition) is 2. The summed E-state index contributed by atoms with van der Waals surface area (Å²) in [7, 11) is 0. The van der Waals surface area contributed by atoms with Crippen LogP contribution < -0.4 is 11.5 Å². The van der Waals surface area contributed by atoms with Crippen LogP contribution in [0.15, 0.2) is 24.5 Å². The molecule has 0 aliphatic carbocycles. The van der Waals surface area contributed by atoms with Gasteiger partial charge < -0.3 is 11.5 Å². The minimum absolute atomic E-state index is 0.661. The maximum Gasteiger partial charge on any atom is 0.0645 e. The summed E-state index contributed by atoms with van der Waals surface area (Å²) in [6, 6.07) is 3.58. The van der Waals surface area contributed by atoms with E-state index in [0.29, 0.717) is 5.69 Å². The van der Waals surface area contributed by atoms with E-state index in [9.17, 15) is 0 Å². The van der Waals surface area contributed by atoms with Gasteiger partial charge in [-0.15, -0.1) is 0 Å². The normalized spacial score (nSPS) is 10.4. The highest BCUT2D eigenvalue weighted by Crippen LogP contribution is 2.01. The molecule has 0 aliphatic rings. The van der Waals surface area contributed by atoms with E-state index in [4.69, 9.17) is 11.5 Å². The lowest BCUT2D eigenvalue weighted by Gasteiger charge is -1.91. The molecule has 3 nitrogen and oxygen atoms in total. The molecule has 0 unspecified atom stereocenters. The van der Waals surface area contributed by atoms with E-state index in [2.05, 4.69) is 4.98 Å². The third kappa shape index (κ3) is 1.48. The van der Waals surface area contributed by atoms with E-state index in [1.165, 1.54) is 6.20 Å². The fraction of sp³-hybridized carbons (Fsp3) is 0. The van der Waals surface area contributed by atoms with E-state index in [1.54, 1.807) is 24.4 Å². The first-order valence-electron chi connectivity index (χ1n) is 2.93. The summed E-state index contributed by atoms with van der Waals surface area (Å²) in [6.45, 7) is 0. The Labute approximate surface area is 59.4 Å². The Morgan fingerprint density at radius 3 is 2.70 bits per heavy atom. The zero-order chi connectivity index (χ0) is 7.40. The summed E-state index contributed by atoms with van der Waals surface area (Å²) in [6.07, 6.45) is 4.74. The number of nitrogens with zero attached hydrogens (tertiary/aromatic N) is 1. The molecular formula is C7H9N3. The van der Waals surface area contributed by atoms with Gasteiger partial charge in [-0.1, -0.05) is 0 Å². The van der Waals surface area contributed by atoms with Gasteiger partial charge >= 0.3 is 0 Å². The first-order valence-corrected chi connectivity index (χ1v) is 2.93. The lowest BCUT2D eigenvalue weighted by molar-refractivity contribution is 1.30. The van der Waals surface area contributed by atoms with Gasteiger partial charge in [-0.3, -0.25) is 4.98 Å². The van der Waals surface area contributed by atoms with Crippen LogP contribution in [0.5, 0.6) is 0 Å². The van der Waals surface area contributed by atoms with Gasteiger partial charge in [-0.25, -0.2) is 0 Å². The molecule has 0 aliphatic heterocycles. The van der Waals surface area contributed by atoms with Crippen LogP contribution >= 0.6 is 0 Å². The maximum atomic E-state index is 5.40. The highest BCUT2D eigenvalue weighted by atomic mass is 14.7. The van der Waals surface area contributed by atoms with Crippen LogP contribution in [0.1, 0.15) is 5.69 Å². The Kier molecular flexibility index (Phi) is 1.89. The zero-order valence-electron chi connectivity index (χ0n) is 5.49. The van der Waals surface area contributed by atoms with Crippen molar-refractivity contribution in [2.45, 2.75) is 0 Å². The standard InChI is InChI=1S/C7H9N3/c8-4-3-7-2-1-6(9)5-10-7/h1-5H,8-9H2/b4-3+. The predicted octanol–water partition coefficient (Wildman–Crippen LogP) is 0.593. The fourth-order valence-electron chi connectivity index (χ4n) is 0.614. The van der Waals surface area contributed by atoms with Gasteiger partial charge in [0.05, 0.1) is 17.6 Å². The van der Waals surface area contributed by atoms with Gasteiger partial charge in [-0.05, 0) is 24.4 Å². The minimum Gasteiger partial charge on any atom is -0.405 e. The fourth-order valence-corrected chi connectivity index (χ4v) is 0.614. The van der Waals surface area contributed by atoms with Crippen LogP contribution in [0.25, 0.3) is 6.08 Å². The van der Waals surface area contributed by atoms with Crippen LogP contribution in [0, 0.1) is 0 Å². The van der Waals surface area contributed by atoms with Crippen molar-refractivity contribution < 1.29 is 0 Å². The molecule has 1 aromatic heterocycles. The number of nitrogen functional groups attached to an aromatic ring is 1. The summed E-state index contributed by atoms with van der Waals surface area (Å²) in [5.41, 5.74) is 12.0. The van der Waals surface area contributed by atoms with Crippen LogP contribution in [0.2, 0.25) is 0 Å². The van der Waals surface area contributed by atoms with Crippen LogP contribution in [0.3, 0.4) is 0 Å². The molecule has 3 heteroatoms. The van der Waals surface area contributed by atoms with E-state index < -0.39 is 0 Å². The monoisotopic (exact) mass is 135 g/mol. The first-order chi connectivity index (χ1) is 4.83. The number of pyridine rings is 1. The number of anilines is 1. The average Bonchev–Trinajstić information content (AvgIpc) is 1.95. The Morgan fingerprint density at radius 2 is 2.20 bits per heavy atom. The van der Waals surface area contributed by atoms with Gasteiger partial charge in [-0.2, -0.15) is 0 Å². The van der Waals surface area contributed by atoms with Gasteiger partial charge in [0.1, 0.15) is 0 Å². The molecular weight excluding hydrogens is 126 g/mol. The number of aromatic nitrogens is 1. The third-order valence-corrected chi connectivity index (χ3v) is 1.08. The van der Waals surface area contributed by atoms with Crippen molar-refractivity contribution in [1.29, 1.82) is 0 Å². The molecule has 0 amide bonds. The lowest BCUT2D eigenvalue weighted by Crippen LogP contribution is -1.87. The summed E-state index contributed by atoms with van der Waals surface area (Å²) in [5, 5.41) is 0. The number of rotatable bonds is 1. The summed E-state index contributed by atoms with van der Waals surface area (Å²) >= 11 is 0. The summed E-state index contributed by atoms with van der Waals surface area (Å²) in [4.78, 5) is 3.98. The van der Waals surface area contributed by atoms with Crippen molar-refractivity contribution in [3.8, 4) is 0 Å². The average molecular weight is 135 g/mol. The van der Waals surface area contributed by atoms with Gasteiger partial charge in [0.2, 0.25) is 0 Å². The third-order valence-electron chi connectivity index (χ3n) is 1.08. The molecule has 0 atom stereocenters. The molecule has 10 heavy (non-hydrogen) atoms. The molecule has 0 saturated heterocycles. The minimum atomic E-state index is 0.661. The van der Waals surface area contributed by atoms with Crippen molar-refractivity contribution >= 4 is 11.8 Å². The predicted molar refractivity (Wildman–Crippen MR) is 41.9 cm³/mol. The summed E-state index contributed by atoms with van der Waals surface area (Å²) in [5.74, 6) is 0. The second-order valence-electron chi connectivity index (χ2n) is 1.88. The van der Waals surface area contributed by atoms with Crippen molar-refractivity contribution in [1.82, 2.24) is 4.98 Å². The highest BCUT2D eigenvalue weighted by Gasteiger charge is 1.85. The second kappa shape index (κ2) is 2.87. The molecule has 1 heterocycles. The van der Waals surface area contributed by atoms with Gasteiger partial charge in [0, 0.05) is 0 Å². The molecule has 0 spiro atoms. The Hall–Kier alpha value is -1.51. The van der Waals surface area contributed by atoms with Crippen molar-refractivity contribution in [2.75, 3.05) is 5.73 Å². The van der Waals surface area contributed by atoms with Crippen LogP contribution in [-0.4, -0.2) is 4.98 Å². The van der Waals surface area contributed by atoms with Crippen molar-refractivity contribution in [2.24, 2.45) is 5.73 Å². The molecule has 0 saturated carbocycles. The maximum absolute atomic E-state index is 5.40. The largest absolute Gasteiger partial charge is 0.405 e. The molecule has 0 bridgehead atoms. The Bertz CT molecular complexity index is 225. The van der Waals surface area contributed by atoms with E-state index in [-0.39, 0.29) is 0 Å². The molecule has 52 valence electrons. The van der Waals surface area contributed by atoms with E-state index >= 15 is 0 Å². The molecule has 4 N–H and O–H groups in total. The Balaban J connectivity index is 2.89. The number of hydrogen-bond acceptors (Lipinski definition) is 3. The van der Waals surface area contributed by atoms with Crippen LogP contribution in [0.4, 0.5) is 5.69 Å². The van der Waals surface area contributed by atoms with Crippen LogP contribution in [-0.2, 0) is 0 Å². The first kappa shape index (κ1) is 6.61. The van der Waals surface area contributed by atoms with Gasteiger partial charge in [0.25, 0.3) is 0 Å². The van der Waals surface area contributed by atoms with Crippen molar-refractivity contribution in [3.05, 3.63) is 30.2 Å². The molecule has 0 radical (unpaired) electrons. The zero-order valence-corrected chi connectivity index (χ0v) is 5.49. The molecule has 1 rings (SSSR count). The van der Waals surface area contributed by atoms with Crippen molar-refractivity contribution in [3.63, 3.8) is 0 Å². The Morgan fingerprint density at radius 1 is 1.40 bits per heavy atom.